The summed E-state index contributed by atoms with van der Waals surface area (Å²) in [4.78, 5) is 26.3. The summed E-state index contributed by atoms with van der Waals surface area (Å²) in [7, 11) is 0. The number of furan rings is 1. The molecule has 1 fully saturated rings. The van der Waals surface area contributed by atoms with Gasteiger partial charge in [0.05, 0.1) is 17.0 Å². The molecule has 1 aromatic heterocycles. The van der Waals surface area contributed by atoms with Crippen LogP contribution >= 0.6 is 34.4 Å². The van der Waals surface area contributed by atoms with Gasteiger partial charge in [0.15, 0.2) is 0 Å². The van der Waals surface area contributed by atoms with E-state index in [0.717, 1.165) is 31.9 Å². The Kier molecular flexibility index (Phi) is 5.98. The molecule has 2 amide bonds. The van der Waals surface area contributed by atoms with Gasteiger partial charge < -0.3 is 4.42 Å². The van der Waals surface area contributed by atoms with Crippen LogP contribution in [0, 0.1) is 3.57 Å². The van der Waals surface area contributed by atoms with Gasteiger partial charge in [-0.1, -0.05) is 30.3 Å². The number of hydrogen-bond acceptors (Lipinski definition) is 4. The van der Waals surface area contributed by atoms with E-state index in [0.29, 0.717) is 0 Å². The average Bonchev–Trinajstić information content (AvgIpc) is 3.29. The van der Waals surface area contributed by atoms with E-state index in [1.54, 1.807) is 0 Å². The summed E-state index contributed by atoms with van der Waals surface area (Å²) >= 11 is 2.93. The van der Waals surface area contributed by atoms with E-state index >= 15 is 0 Å². The van der Waals surface area contributed by atoms with Crippen LogP contribution < -0.4 is 0 Å². The molecule has 31 heavy (non-hydrogen) atoms. The Morgan fingerprint density at radius 2 is 1.71 bits per heavy atom. The summed E-state index contributed by atoms with van der Waals surface area (Å²) in [6, 6.07) is 15.4. The van der Waals surface area contributed by atoms with Gasteiger partial charge in [0.25, 0.3) is 11.1 Å². The topological polar surface area (TPSA) is 50.5 Å². The summed E-state index contributed by atoms with van der Waals surface area (Å²) in [5.74, 6) is -0.258. The normalized spacial score (nSPS) is 15.9. The Morgan fingerprint density at radius 3 is 2.42 bits per heavy atom. The molecule has 1 saturated heterocycles. The predicted octanol–water partition coefficient (Wildman–Crippen LogP) is 6.81. The summed E-state index contributed by atoms with van der Waals surface area (Å²) < 4.78 is 46.4. The molecule has 0 aliphatic carbocycles. The zero-order valence-electron chi connectivity index (χ0n) is 15.7. The number of thioether (sulfide) groups is 1. The highest BCUT2D eigenvalue weighted by Gasteiger charge is 2.36. The highest BCUT2D eigenvalue weighted by atomic mass is 127. The van der Waals surface area contributed by atoms with Crippen molar-refractivity contribution in [2.24, 2.45) is 0 Å². The third-order valence-corrected chi connectivity index (χ3v) is 6.15. The van der Waals surface area contributed by atoms with Crippen LogP contribution in [0.15, 0.2) is 70.0 Å². The van der Waals surface area contributed by atoms with Crippen molar-refractivity contribution >= 4 is 51.6 Å². The summed E-state index contributed by atoms with van der Waals surface area (Å²) in [6.07, 6.45) is -3.15. The first kappa shape index (κ1) is 21.7. The smallest absolute Gasteiger partial charge is 0.417 e. The molecule has 0 unspecified atom stereocenters. The van der Waals surface area contributed by atoms with Gasteiger partial charge in [-0.2, -0.15) is 13.2 Å². The minimum atomic E-state index is -4.53. The summed E-state index contributed by atoms with van der Waals surface area (Å²) in [5.41, 5.74) is -0.0942. The van der Waals surface area contributed by atoms with Crippen LogP contribution in [0.3, 0.4) is 0 Å². The molecule has 3 aromatic rings. The van der Waals surface area contributed by atoms with Crippen molar-refractivity contribution in [2.75, 3.05) is 0 Å². The molecule has 0 radical (unpaired) electrons. The summed E-state index contributed by atoms with van der Waals surface area (Å²) in [5, 5.41) is -0.413. The molecular weight excluding hydrogens is 542 g/mol. The van der Waals surface area contributed by atoms with Crippen molar-refractivity contribution < 1.29 is 27.2 Å². The molecule has 0 spiro atoms. The van der Waals surface area contributed by atoms with E-state index in [4.69, 9.17) is 4.42 Å². The van der Waals surface area contributed by atoms with Gasteiger partial charge in [0.1, 0.15) is 11.5 Å². The number of carbonyl (C=O) groups excluding carboxylic acids is 2. The zero-order chi connectivity index (χ0) is 22.2. The molecule has 0 N–H and O–H groups in total. The highest BCUT2D eigenvalue weighted by molar-refractivity contribution is 14.1. The van der Waals surface area contributed by atoms with Crippen LogP contribution in [-0.4, -0.2) is 16.0 Å². The Hall–Kier alpha value is -2.53. The first-order chi connectivity index (χ1) is 14.7. The van der Waals surface area contributed by atoms with Crippen LogP contribution in [0.5, 0.6) is 0 Å². The molecule has 158 valence electrons. The molecule has 2 aromatic carbocycles. The molecule has 4 nitrogen and oxygen atoms in total. The van der Waals surface area contributed by atoms with E-state index in [-0.39, 0.29) is 28.5 Å². The van der Waals surface area contributed by atoms with Gasteiger partial charge >= 0.3 is 6.18 Å². The first-order valence-corrected chi connectivity index (χ1v) is 10.9. The van der Waals surface area contributed by atoms with Crippen molar-refractivity contribution in [3.8, 4) is 11.3 Å². The van der Waals surface area contributed by atoms with Crippen LogP contribution in [-0.2, 0) is 17.5 Å². The molecular formula is C22H13F3INO3S. The molecule has 0 saturated carbocycles. The number of hydrogen-bond donors (Lipinski definition) is 0. The van der Waals surface area contributed by atoms with Gasteiger partial charge in [-0.3, -0.25) is 14.5 Å². The lowest BCUT2D eigenvalue weighted by molar-refractivity contribution is -0.137. The molecule has 4 rings (SSSR count). The molecule has 1 aliphatic rings. The van der Waals surface area contributed by atoms with Crippen LogP contribution in [0.1, 0.15) is 16.9 Å². The Morgan fingerprint density at radius 1 is 1.00 bits per heavy atom. The number of imide groups is 1. The fraction of sp³-hybridized carbons (Fsp3) is 0.0909. The van der Waals surface area contributed by atoms with Gasteiger partial charge in [0, 0.05) is 15.2 Å². The lowest BCUT2D eigenvalue weighted by atomic mass is 10.1. The zero-order valence-corrected chi connectivity index (χ0v) is 18.6. The van der Waals surface area contributed by atoms with E-state index in [1.807, 2.05) is 24.3 Å². The van der Waals surface area contributed by atoms with Gasteiger partial charge in [-0.25, -0.2) is 0 Å². The summed E-state index contributed by atoms with van der Waals surface area (Å²) in [6.45, 7) is 0.140. The average molecular weight is 555 g/mol. The minimum absolute atomic E-state index is 0.0253. The van der Waals surface area contributed by atoms with E-state index in [1.165, 1.54) is 36.4 Å². The fourth-order valence-electron chi connectivity index (χ4n) is 3.06. The largest absolute Gasteiger partial charge is 0.457 e. The second kappa shape index (κ2) is 8.54. The van der Waals surface area contributed by atoms with Gasteiger partial charge in [-0.05, 0) is 70.2 Å². The van der Waals surface area contributed by atoms with Crippen LogP contribution in [0.2, 0.25) is 0 Å². The number of nitrogens with zero attached hydrogens (tertiary/aromatic N) is 1. The Balaban J connectivity index is 1.57. The second-order valence-corrected chi connectivity index (χ2v) is 8.88. The third kappa shape index (κ3) is 4.72. The van der Waals surface area contributed by atoms with Crippen molar-refractivity contribution in [3.05, 3.63) is 86.0 Å². The number of benzene rings is 2. The van der Waals surface area contributed by atoms with Gasteiger partial charge in [-0.15, -0.1) is 0 Å². The molecule has 9 heteroatoms. The van der Waals surface area contributed by atoms with Crippen LogP contribution in [0.4, 0.5) is 18.0 Å². The van der Waals surface area contributed by atoms with E-state index in [9.17, 15) is 22.8 Å². The van der Waals surface area contributed by atoms with Crippen LogP contribution in [0.25, 0.3) is 17.4 Å². The third-order valence-electron chi connectivity index (χ3n) is 4.53. The van der Waals surface area contributed by atoms with Gasteiger partial charge in [0.2, 0.25) is 0 Å². The predicted molar refractivity (Wildman–Crippen MR) is 120 cm³/mol. The number of rotatable bonds is 4. The number of halogens is 4. The Bertz CT molecular complexity index is 1190. The molecule has 0 bridgehead atoms. The SMILES string of the molecule is O=C1S/C(=C/c2ccc(-c3ccccc3C(F)(F)F)o2)C(=O)N1Cc1ccc(I)cc1. The highest BCUT2D eigenvalue weighted by Crippen LogP contribution is 2.38. The lowest BCUT2D eigenvalue weighted by Gasteiger charge is -2.12. The van der Waals surface area contributed by atoms with Crippen molar-refractivity contribution in [1.82, 2.24) is 4.90 Å². The standard InChI is InChI=1S/C22H13F3INO3S/c23-22(24,25)17-4-2-1-3-16(17)18-10-9-15(30-18)11-19-20(28)27(21(29)31-19)12-13-5-7-14(26)8-6-13/h1-11H,12H2/b19-11+. The molecule has 1 aliphatic heterocycles. The fourth-order valence-corrected chi connectivity index (χ4v) is 4.24. The number of alkyl halides is 3. The lowest BCUT2D eigenvalue weighted by Crippen LogP contribution is -2.27. The van der Waals surface area contributed by atoms with Crippen molar-refractivity contribution in [2.45, 2.75) is 12.7 Å². The molecule has 2 heterocycles. The first-order valence-electron chi connectivity index (χ1n) is 8.98. The monoisotopic (exact) mass is 555 g/mol. The maximum absolute atomic E-state index is 13.3. The maximum Gasteiger partial charge on any atom is 0.417 e. The number of carbonyl (C=O) groups is 2. The Labute approximate surface area is 193 Å². The number of amides is 2. The van der Waals surface area contributed by atoms with Crippen molar-refractivity contribution in [3.63, 3.8) is 0 Å². The maximum atomic E-state index is 13.3. The quantitative estimate of drug-likeness (QED) is 0.262. The van der Waals surface area contributed by atoms with E-state index < -0.39 is 22.9 Å². The van der Waals surface area contributed by atoms with Crippen molar-refractivity contribution in [1.29, 1.82) is 0 Å². The molecule has 0 atom stereocenters. The van der Waals surface area contributed by atoms with E-state index in [2.05, 4.69) is 22.6 Å². The second-order valence-electron chi connectivity index (χ2n) is 6.64. The minimum Gasteiger partial charge on any atom is -0.457 e.